The summed E-state index contributed by atoms with van der Waals surface area (Å²) in [5.41, 5.74) is 0.996. The summed E-state index contributed by atoms with van der Waals surface area (Å²) in [7, 11) is 1.62. The van der Waals surface area contributed by atoms with E-state index in [1.807, 2.05) is 18.2 Å². The molecule has 134 valence electrons. The first-order valence-corrected chi connectivity index (χ1v) is 7.45. The number of benzene rings is 1. The fourth-order valence-electron chi connectivity index (χ4n) is 2.03. The molecule has 0 amide bonds. The maximum absolute atomic E-state index is 11.9. The summed E-state index contributed by atoms with van der Waals surface area (Å²) >= 11 is 0. The van der Waals surface area contributed by atoms with Crippen LogP contribution < -0.4 is 20.1 Å². The third-order valence-electron chi connectivity index (χ3n) is 3.14. The first-order valence-electron chi connectivity index (χ1n) is 7.45. The highest BCUT2D eigenvalue weighted by atomic mass is 19.4. The van der Waals surface area contributed by atoms with Crippen molar-refractivity contribution in [2.45, 2.75) is 19.1 Å². The van der Waals surface area contributed by atoms with E-state index in [1.165, 1.54) is 0 Å². The normalized spacial score (nSPS) is 13.9. The number of hydrogen-bond acceptors (Lipinski definition) is 4. The van der Waals surface area contributed by atoms with Gasteiger partial charge in [0.25, 0.3) is 0 Å². The highest BCUT2D eigenvalue weighted by molar-refractivity contribution is 5.79. The van der Waals surface area contributed by atoms with E-state index < -0.39 is 12.8 Å². The highest BCUT2D eigenvalue weighted by Crippen LogP contribution is 2.32. The van der Waals surface area contributed by atoms with Gasteiger partial charge in [0.2, 0.25) is 6.79 Å². The van der Waals surface area contributed by atoms with Crippen molar-refractivity contribution in [3.63, 3.8) is 0 Å². The average Bonchev–Trinajstić information content (AvgIpc) is 3.00. The van der Waals surface area contributed by atoms with Crippen LogP contribution in [0.3, 0.4) is 0 Å². The molecule has 1 aromatic carbocycles. The Balaban J connectivity index is 1.64. The molecule has 0 fully saturated rings. The Morgan fingerprint density at radius 2 is 2.04 bits per heavy atom. The lowest BCUT2D eigenvalue weighted by atomic mass is 10.2. The van der Waals surface area contributed by atoms with E-state index in [0.717, 1.165) is 11.3 Å². The first-order chi connectivity index (χ1) is 11.5. The molecule has 2 rings (SSSR count). The molecule has 0 unspecified atom stereocenters. The van der Waals surface area contributed by atoms with Gasteiger partial charge in [-0.3, -0.25) is 4.99 Å². The molecule has 0 saturated heterocycles. The number of nitrogens with one attached hydrogen (secondary N) is 2. The Morgan fingerprint density at radius 3 is 2.79 bits per heavy atom. The van der Waals surface area contributed by atoms with Crippen LogP contribution in [0.4, 0.5) is 13.2 Å². The lowest BCUT2D eigenvalue weighted by molar-refractivity contribution is -0.173. The van der Waals surface area contributed by atoms with Gasteiger partial charge in [-0.15, -0.1) is 0 Å². The fraction of sp³-hybridized carbons (Fsp3) is 0.533. The fourth-order valence-corrected chi connectivity index (χ4v) is 2.03. The second kappa shape index (κ2) is 8.62. The molecular formula is C15H20F3N3O3. The Hall–Kier alpha value is -2.16. The van der Waals surface area contributed by atoms with Crippen LogP contribution in [0.15, 0.2) is 23.2 Å². The van der Waals surface area contributed by atoms with Gasteiger partial charge in [-0.1, -0.05) is 6.07 Å². The Bertz CT molecular complexity index is 565. The van der Waals surface area contributed by atoms with Crippen LogP contribution in [0.1, 0.15) is 12.0 Å². The zero-order chi connectivity index (χ0) is 17.4. The van der Waals surface area contributed by atoms with Crippen LogP contribution in [-0.2, 0) is 11.3 Å². The summed E-state index contributed by atoms with van der Waals surface area (Å²) in [6.07, 6.45) is -3.84. The van der Waals surface area contributed by atoms with Crippen LogP contribution in [-0.4, -0.2) is 45.7 Å². The summed E-state index contributed by atoms with van der Waals surface area (Å²) in [6, 6.07) is 5.64. The molecule has 0 spiro atoms. The standard InChI is InChI=1S/C15H20F3N3O3/c1-19-14(20-5-2-6-22-9-15(16,17)18)21-8-11-3-4-12-13(7-11)24-10-23-12/h3-4,7H,2,5-6,8-10H2,1H3,(H2,19,20,21). The maximum Gasteiger partial charge on any atom is 0.411 e. The minimum Gasteiger partial charge on any atom is -0.454 e. The van der Waals surface area contributed by atoms with Gasteiger partial charge < -0.3 is 24.8 Å². The molecule has 1 aromatic rings. The smallest absolute Gasteiger partial charge is 0.411 e. The van der Waals surface area contributed by atoms with E-state index >= 15 is 0 Å². The topological polar surface area (TPSA) is 64.1 Å². The van der Waals surface area contributed by atoms with E-state index in [2.05, 4.69) is 20.4 Å². The van der Waals surface area contributed by atoms with Crippen LogP contribution in [0.2, 0.25) is 0 Å². The molecule has 1 aliphatic heterocycles. The Morgan fingerprint density at radius 1 is 1.25 bits per heavy atom. The largest absolute Gasteiger partial charge is 0.454 e. The van der Waals surface area contributed by atoms with Gasteiger partial charge in [0, 0.05) is 26.7 Å². The SMILES string of the molecule is CN=C(NCCCOCC(F)(F)F)NCc1ccc2c(c1)OCO2. The maximum atomic E-state index is 11.9. The molecule has 0 radical (unpaired) electrons. The summed E-state index contributed by atoms with van der Waals surface area (Å²) in [5.74, 6) is 1.99. The zero-order valence-corrected chi connectivity index (χ0v) is 13.3. The van der Waals surface area contributed by atoms with Crippen molar-refractivity contribution in [1.82, 2.24) is 10.6 Å². The second-order valence-corrected chi connectivity index (χ2v) is 5.06. The third kappa shape index (κ3) is 6.15. The predicted molar refractivity (Wildman–Crippen MR) is 82.3 cm³/mol. The first kappa shape index (κ1) is 18.2. The number of hydrogen-bond donors (Lipinski definition) is 2. The minimum absolute atomic E-state index is 0.0334. The van der Waals surface area contributed by atoms with Crippen LogP contribution >= 0.6 is 0 Å². The van der Waals surface area contributed by atoms with E-state index in [4.69, 9.17) is 9.47 Å². The molecule has 0 aromatic heterocycles. The molecule has 0 atom stereocenters. The Labute approximate surface area is 138 Å². The summed E-state index contributed by atoms with van der Waals surface area (Å²) in [4.78, 5) is 4.05. The number of fused-ring (bicyclic) bond motifs is 1. The molecular weight excluding hydrogens is 327 g/mol. The Kier molecular flexibility index (Phi) is 6.53. The molecule has 9 heteroatoms. The third-order valence-corrected chi connectivity index (χ3v) is 3.14. The monoisotopic (exact) mass is 347 g/mol. The number of ether oxygens (including phenoxy) is 3. The predicted octanol–water partition coefficient (Wildman–Crippen LogP) is 2.05. The van der Waals surface area contributed by atoms with E-state index in [0.29, 0.717) is 31.2 Å². The molecule has 6 nitrogen and oxygen atoms in total. The van der Waals surface area contributed by atoms with Crippen molar-refractivity contribution < 1.29 is 27.4 Å². The van der Waals surface area contributed by atoms with E-state index in [-0.39, 0.29) is 13.4 Å². The number of rotatable bonds is 7. The second-order valence-electron chi connectivity index (χ2n) is 5.06. The zero-order valence-electron chi connectivity index (χ0n) is 13.3. The van der Waals surface area contributed by atoms with Gasteiger partial charge in [-0.05, 0) is 24.1 Å². The molecule has 0 saturated carbocycles. The van der Waals surface area contributed by atoms with Gasteiger partial charge in [0.15, 0.2) is 17.5 Å². The van der Waals surface area contributed by atoms with Crippen molar-refractivity contribution in [2.75, 3.05) is 33.6 Å². The van der Waals surface area contributed by atoms with Crippen molar-refractivity contribution in [1.29, 1.82) is 0 Å². The van der Waals surface area contributed by atoms with Gasteiger partial charge in [-0.25, -0.2) is 0 Å². The molecule has 0 bridgehead atoms. The molecule has 2 N–H and O–H groups in total. The van der Waals surface area contributed by atoms with Crippen molar-refractivity contribution in [2.24, 2.45) is 4.99 Å². The molecule has 24 heavy (non-hydrogen) atoms. The van der Waals surface area contributed by atoms with Crippen molar-refractivity contribution >= 4 is 5.96 Å². The molecule has 1 heterocycles. The number of halogens is 3. The summed E-state index contributed by atoms with van der Waals surface area (Å²) in [6.45, 7) is 0.0289. The van der Waals surface area contributed by atoms with Crippen molar-refractivity contribution in [3.05, 3.63) is 23.8 Å². The van der Waals surface area contributed by atoms with Crippen LogP contribution in [0, 0.1) is 0 Å². The van der Waals surface area contributed by atoms with Crippen LogP contribution in [0.25, 0.3) is 0 Å². The number of alkyl halides is 3. The summed E-state index contributed by atoms with van der Waals surface area (Å²) < 4.78 is 50.8. The molecule has 0 aliphatic carbocycles. The average molecular weight is 347 g/mol. The number of nitrogens with zero attached hydrogens (tertiary/aromatic N) is 1. The van der Waals surface area contributed by atoms with Gasteiger partial charge in [0.1, 0.15) is 6.61 Å². The van der Waals surface area contributed by atoms with Gasteiger partial charge >= 0.3 is 6.18 Å². The van der Waals surface area contributed by atoms with E-state index in [1.54, 1.807) is 7.05 Å². The lowest BCUT2D eigenvalue weighted by Gasteiger charge is -2.12. The summed E-state index contributed by atoms with van der Waals surface area (Å²) in [5, 5.41) is 6.13. The van der Waals surface area contributed by atoms with Gasteiger partial charge in [-0.2, -0.15) is 13.2 Å². The van der Waals surface area contributed by atoms with Gasteiger partial charge in [0.05, 0.1) is 0 Å². The molecule has 1 aliphatic rings. The highest BCUT2D eigenvalue weighted by Gasteiger charge is 2.27. The number of aliphatic imine (C=N–C) groups is 1. The number of guanidine groups is 1. The quantitative estimate of drug-likeness (QED) is 0.449. The minimum atomic E-state index is -4.28. The van der Waals surface area contributed by atoms with E-state index in [9.17, 15) is 13.2 Å². The van der Waals surface area contributed by atoms with Crippen molar-refractivity contribution in [3.8, 4) is 11.5 Å². The lowest BCUT2D eigenvalue weighted by Crippen LogP contribution is -2.37. The van der Waals surface area contributed by atoms with Crippen LogP contribution in [0.5, 0.6) is 11.5 Å².